The fourth-order valence-electron chi connectivity index (χ4n) is 4.50. The van der Waals surface area contributed by atoms with Gasteiger partial charge in [0.15, 0.2) is 0 Å². The molecule has 4 aromatic rings. The van der Waals surface area contributed by atoms with Gasteiger partial charge in [-0.15, -0.1) is 0 Å². The predicted molar refractivity (Wildman–Crippen MR) is 133 cm³/mol. The van der Waals surface area contributed by atoms with E-state index in [1.807, 2.05) is 45.9 Å². The first-order chi connectivity index (χ1) is 16.7. The molecular weight excluding hydrogens is 446 g/mol. The summed E-state index contributed by atoms with van der Waals surface area (Å²) in [6, 6.07) is 11.3. The van der Waals surface area contributed by atoms with Crippen molar-refractivity contribution in [3.63, 3.8) is 0 Å². The van der Waals surface area contributed by atoms with E-state index in [0.29, 0.717) is 47.8 Å². The molecule has 9 nitrogen and oxygen atoms in total. The Labute approximate surface area is 201 Å². The zero-order valence-electron chi connectivity index (χ0n) is 20.2. The van der Waals surface area contributed by atoms with Gasteiger partial charge in [0.2, 0.25) is 17.6 Å². The van der Waals surface area contributed by atoms with Crippen LogP contribution < -0.4 is 16.0 Å². The van der Waals surface area contributed by atoms with Crippen LogP contribution in [0.5, 0.6) is 0 Å². The molecule has 0 bridgehead atoms. The van der Waals surface area contributed by atoms with Crippen molar-refractivity contribution in [3.05, 3.63) is 74.1 Å². The number of aryl methyl sites for hydroxylation is 2. The van der Waals surface area contributed by atoms with Crippen molar-refractivity contribution in [1.29, 1.82) is 0 Å². The number of H-pyrrole nitrogens is 1. The summed E-state index contributed by atoms with van der Waals surface area (Å²) in [5.74, 6) is 0.778. The first-order valence-corrected chi connectivity index (χ1v) is 11.7. The van der Waals surface area contributed by atoms with Crippen LogP contribution in [0.4, 0.5) is 5.69 Å². The molecule has 1 amide bonds. The monoisotopic (exact) mass is 473 g/mol. The largest absolute Gasteiger partial charge is 0.339 e. The third-order valence-corrected chi connectivity index (χ3v) is 6.50. The van der Waals surface area contributed by atoms with Crippen LogP contribution in [0.3, 0.4) is 0 Å². The lowest BCUT2D eigenvalue weighted by Crippen LogP contribution is -2.37. The van der Waals surface area contributed by atoms with Crippen LogP contribution in [0.2, 0.25) is 0 Å². The highest BCUT2D eigenvalue weighted by atomic mass is 16.5. The van der Waals surface area contributed by atoms with Gasteiger partial charge in [0, 0.05) is 30.8 Å². The highest BCUT2D eigenvalue weighted by Crippen LogP contribution is 2.33. The average Bonchev–Trinajstić information content (AvgIpc) is 3.45. The van der Waals surface area contributed by atoms with Gasteiger partial charge >= 0.3 is 11.1 Å². The fraction of sp³-hybridized carbons (Fsp3) is 0.346. The Balaban J connectivity index is 1.43. The topological polar surface area (TPSA) is 114 Å². The molecular formula is C26H27N5O4. The predicted octanol–water partition coefficient (Wildman–Crippen LogP) is 3.53. The normalized spacial score (nSPS) is 16.1. The Bertz CT molecular complexity index is 1560. The third-order valence-electron chi connectivity index (χ3n) is 6.50. The van der Waals surface area contributed by atoms with E-state index in [1.54, 1.807) is 23.1 Å². The zero-order chi connectivity index (χ0) is 24.9. The minimum atomic E-state index is -0.667. The minimum Gasteiger partial charge on any atom is -0.339 e. The second-order valence-corrected chi connectivity index (χ2v) is 9.63. The van der Waals surface area contributed by atoms with Crippen LogP contribution in [0.1, 0.15) is 43.2 Å². The number of benzene rings is 2. The molecule has 1 N–H and O–H groups in total. The summed E-state index contributed by atoms with van der Waals surface area (Å²) < 4.78 is 7.04. The molecule has 1 aliphatic rings. The van der Waals surface area contributed by atoms with E-state index in [2.05, 4.69) is 15.1 Å². The van der Waals surface area contributed by atoms with Crippen molar-refractivity contribution in [2.45, 2.75) is 46.6 Å². The fourth-order valence-corrected chi connectivity index (χ4v) is 4.50. The lowest BCUT2D eigenvalue weighted by Gasteiger charge is -2.17. The quantitative estimate of drug-likeness (QED) is 0.444. The second-order valence-electron chi connectivity index (χ2n) is 9.63. The number of hydrogen-bond acceptors (Lipinski definition) is 6. The number of aromatic amines is 1. The first-order valence-electron chi connectivity index (χ1n) is 11.7. The number of anilines is 1. The van der Waals surface area contributed by atoms with Gasteiger partial charge in [-0.05, 0) is 61.2 Å². The summed E-state index contributed by atoms with van der Waals surface area (Å²) in [5, 5.41) is 4.12. The molecule has 35 heavy (non-hydrogen) atoms. The summed E-state index contributed by atoms with van der Waals surface area (Å²) in [4.78, 5) is 46.3. The Kier molecular flexibility index (Phi) is 5.62. The molecule has 0 saturated carbocycles. The van der Waals surface area contributed by atoms with Gasteiger partial charge in [0.1, 0.15) is 0 Å². The zero-order valence-corrected chi connectivity index (χ0v) is 20.2. The maximum atomic E-state index is 12.7. The Morgan fingerprint density at radius 1 is 1.09 bits per heavy atom. The number of aromatic nitrogens is 4. The van der Waals surface area contributed by atoms with Crippen molar-refractivity contribution in [3.8, 4) is 11.4 Å². The molecule has 2 aromatic heterocycles. The van der Waals surface area contributed by atoms with Crippen molar-refractivity contribution < 1.29 is 9.32 Å². The van der Waals surface area contributed by atoms with Crippen LogP contribution in [0.25, 0.3) is 22.4 Å². The van der Waals surface area contributed by atoms with Gasteiger partial charge in [-0.2, -0.15) is 4.98 Å². The molecule has 0 radical (unpaired) electrons. The number of nitrogens with zero attached hydrogens (tertiary/aromatic N) is 4. The molecule has 0 spiro atoms. The summed E-state index contributed by atoms with van der Waals surface area (Å²) in [5.41, 5.74) is 3.75. The van der Waals surface area contributed by atoms with Crippen LogP contribution in [0, 0.1) is 19.8 Å². The summed E-state index contributed by atoms with van der Waals surface area (Å²) in [6.07, 6.45) is 0.293. The van der Waals surface area contributed by atoms with Crippen molar-refractivity contribution in [2.24, 2.45) is 5.92 Å². The maximum absolute atomic E-state index is 12.7. The van der Waals surface area contributed by atoms with Crippen LogP contribution in [-0.2, 0) is 11.3 Å². The summed E-state index contributed by atoms with van der Waals surface area (Å²) in [6.45, 7) is 8.96. The number of fused-ring (bicyclic) bond motifs is 1. The molecule has 180 valence electrons. The lowest BCUT2D eigenvalue weighted by atomic mass is 10.1. The molecule has 1 aliphatic heterocycles. The highest BCUT2D eigenvalue weighted by molar-refractivity contribution is 5.96. The molecule has 9 heteroatoms. The van der Waals surface area contributed by atoms with Gasteiger partial charge < -0.3 is 19.0 Å². The van der Waals surface area contributed by atoms with Gasteiger partial charge in [0.25, 0.3) is 0 Å². The number of carbonyl (C=O) groups is 1. The molecule has 2 aromatic carbocycles. The first kappa shape index (κ1) is 22.8. The van der Waals surface area contributed by atoms with E-state index >= 15 is 0 Å². The van der Waals surface area contributed by atoms with E-state index in [1.165, 1.54) is 10.1 Å². The van der Waals surface area contributed by atoms with Gasteiger partial charge in [-0.25, -0.2) is 0 Å². The highest BCUT2D eigenvalue weighted by Gasteiger charge is 2.35. The van der Waals surface area contributed by atoms with Gasteiger partial charge in [-0.3, -0.25) is 14.4 Å². The third kappa shape index (κ3) is 4.18. The lowest BCUT2D eigenvalue weighted by molar-refractivity contribution is -0.117. The molecule has 0 aliphatic carbocycles. The Morgan fingerprint density at radius 2 is 1.89 bits per heavy atom. The van der Waals surface area contributed by atoms with E-state index < -0.39 is 11.1 Å². The molecule has 1 saturated heterocycles. The smallest absolute Gasteiger partial charge is 0.316 e. The van der Waals surface area contributed by atoms with Gasteiger partial charge in [-0.1, -0.05) is 25.1 Å². The number of rotatable bonds is 5. The van der Waals surface area contributed by atoms with Crippen molar-refractivity contribution in [1.82, 2.24) is 19.7 Å². The van der Waals surface area contributed by atoms with Crippen LogP contribution >= 0.6 is 0 Å². The molecule has 1 fully saturated rings. The summed E-state index contributed by atoms with van der Waals surface area (Å²) >= 11 is 0. The van der Waals surface area contributed by atoms with Crippen molar-refractivity contribution >= 4 is 22.6 Å². The second kappa shape index (κ2) is 8.65. The SMILES string of the molecule is Cc1ccc(N2C[C@H](c3nc(-c4ccc5c(c4)[nH]c(=O)c(=O)n5CC(C)C)no3)CC2=O)cc1C. The van der Waals surface area contributed by atoms with Crippen LogP contribution in [0.15, 0.2) is 50.5 Å². The number of carbonyl (C=O) groups excluding carboxylic acids is 1. The number of nitrogens with one attached hydrogen (secondary N) is 1. The Morgan fingerprint density at radius 3 is 2.63 bits per heavy atom. The van der Waals surface area contributed by atoms with E-state index in [4.69, 9.17) is 4.52 Å². The van der Waals surface area contributed by atoms with Crippen molar-refractivity contribution in [2.75, 3.05) is 11.4 Å². The minimum absolute atomic E-state index is 0.0180. The van der Waals surface area contributed by atoms with E-state index in [9.17, 15) is 14.4 Å². The summed E-state index contributed by atoms with van der Waals surface area (Å²) in [7, 11) is 0. The molecule has 5 rings (SSSR count). The standard InChI is InChI=1S/C26H27N5O4/c1-14(2)12-31-21-8-6-17(10-20(21)27-24(33)26(31)34)23-28-25(35-29-23)18-11-22(32)30(13-18)19-7-5-15(3)16(4)9-19/h5-10,14,18H,11-13H2,1-4H3,(H,27,33)/t18-/m1/s1. The Hall–Kier alpha value is -4.01. The molecule has 0 unspecified atom stereocenters. The average molecular weight is 474 g/mol. The van der Waals surface area contributed by atoms with Crippen LogP contribution in [-0.4, -0.2) is 32.1 Å². The number of amides is 1. The number of hydrogen-bond donors (Lipinski definition) is 1. The van der Waals surface area contributed by atoms with E-state index in [0.717, 1.165) is 11.3 Å². The molecule has 1 atom stereocenters. The van der Waals surface area contributed by atoms with E-state index in [-0.39, 0.29) is 17.7 Å². The maximum Gasteiger partial charge on any atom is 0.316 e. The van der Waals surface area contributed by atoms with Gasteiger partial charge in [0.05, 0.1) is 17.0 Å². The molecule has 3 heterocycles.